The summed E-state index contributed by atoms with van der Waals surface area (Å²) in [7, 11) is 0. The molecule has 0 N–H and O–H groups in total. The second kappa shape index (κ2) is 5.83. The molecule has 0 fully saturated rings. The number of ether oxygens (including phenoxy) is 1. The van der Waals surface area contributed by atoms with E-state index in [1.165, 1.54) is 0 Å². The molecule has 2 rings (SSSR count). The second-order valence-corrected chi connectivity index (χ2v) is 4.03. The summed E-state index contributed by atoms with van der Waals surface area (Å²) in [6, 6.07) is 10.5. The third kappa shape index (κ3) is 2.99. The lowest BCUT2D eigenvalue weighted by Crippen LogP contribution is -2.00. The van der Waals surface area contributed by atoms with E-state index in [4.69, 9.17) is 16.3 Å². The van der Waals surface area contributed by atoms with Gasteiger partial charge in [-0.05, 0) is 24.3 Å². The Morgan fingerprint density at radius 3 is 2.56 bits per heavy atom. The number of hydrogen-bond acceptors (Lipinski definition) is 1. The third-order valence-corrected chi connectivity index (χ3v) is 2.80. The summed E-state index contributed by atoms with van der Waals surface area (Å²) < 4.78 is 31.8. The predicted octanol–water partition coefficient (Wildman–Crippen LogP) is 4.28. The quantitative estimate of drug-likeness (QED) is 0.752. The van der Waals surface area contributed by atoms with Gasteiger partial charge in [-0.2, -0.15) is 0 Å². The van der Waals surface area contributed by atoms with Gasteiger partial charge in [0, 0.05) is 11.1 Å². The standard InChI is InChI=1S/C14H11ClF2O/c15-8-10-3-1-2-4-14(10)18-9-11-7-12(16)5-6-13(11)17/h1-7H,8-9H2. The summed E-state index contributed by atoms with van der Waals surface area (Å²) in [5, 5.41) is 0. The van der Waals surface area contributed by atoms with Crippen molar-refractivity contribution in [1.29, 1.82) is 0 Å². The first-order valence-corrected chi connectivity index (χ1v) is 5.95. The first-order chi connectivity index (χ1) is 8.70. The molecular formula is C14H11ClF2O. The minimum absolute atomic E-state index is 0.0303. The Morgan fingerprint density at radius 2 is 1.78 bits per heavy atom. The van der Waals surface area contributed by atoms with E-state index in [0.717, 1.165) is 23.8 Å². The van der Waals surface area contributed by atoms with Crippen molar-refractivity contribution >= 4 is 11.6 Å². The maximum absolute atomic E-state index is 13.4. The topological polar surface area (TPSA) is 9.23 Å². The second-order valence-electron chi connectivity index (χ2n) is 3.77. The first kappa shape index (κ1) is 12.8. The van der Waals surface area contributed by atoms with Gasteiger partial charge in [-0.15, -0.1) is 11.6 Å². The predicted molar refractivity (Wildman–Crippen MR) is 66.7 cm³/mol. The summed E-state index contributed by atoms with van der Waals surface area (Å²) >= 11 is 5.76. The van der Waals surface area contributed by atoms with Gasteiger partial charge in [0.25, 0.3) is 0 Å². The Morgan fingerprint density at radius 1 is 1.00 bits per heavy atom. The van der Waals surface area contributed by atoms with Crippen molar-refractivity contribution < 1.29 is 13.5 Å². The van der Waals surface area contributed by atoms with Crippen LogP contribution in [0.3, 0.4) is 0 Å². The highest BCUT2D eigenvalue weighted by Crippen LogP contribution is 2.21. The molecule has 0 unspecified atom stereocenters. The highest BCUT2D eigenvalue weighted by Gasteiger charge is 2.06. The molecule has 0 amide bonds. The molecule has 0 aromatic heterocycles. The number of rotatable bonds is 4. The lowest BCUT2D eigenvalue weighted by molar-refractivity contribution is 0.296. The third-order valence-electron chi connectivity index (χ3n) is 2.51. The summed E-state index contributed by atoms with van der Waals surface area (Å²) in [4.78, 5) is 0. The Bertz CT molecular complexity index is 543. The fourth-order valence-electron chi connectivity index (χ4n) is 1.56. The Hall–Kier alpha value is -1.61. The van der Waals surface area contributed by atoms with E-state index in [-0.39, 0.29) is 12.2 Å². The zero-order chi connectivity index (χ0) is 13.0. The molecule has 0 radical (unpaired) electrons. The van der Waals surface area contributed by atoms with Gasteiger partial charge < -0.3 is 4.74 Å². The van der Waals surface area contributed by atoms with E-state index < -0.39 is 11.6 Å². The minimum Gasteiger partial charge on any atom is -0.488 e. The molecule has 0 bridgehead atoms. The number of benzene rings is 2. The molecule has 2 aromatic carbocycles. The lowest BCUT2D eigenvalue weighted by Gasteiger charge is -2.10. The molecule has 1 nitrogen and oxygen atoms in total. The molecule has 2 aromatic rings. The van der Waals surface area contributed by atoms with Crippen LogP contribution in [0, 0.1) is 11.6 Å². The van der Waals surface area contributed by atoms with Crippen molar-refractivity contribution in [2.45, 2.75) is 12.5 Å². The molecule has 0 atom stereocenters. The smallest absolute Gasteiger partial charge is 0.130 e. The molecule has 18 heavy (non-hydrogen) atoms. The van der Waals surface area contributed by atoms with E-state index in [1.807, 2.05) is 12.1 Å². The largest absolute Gasteiger partial charge is 0.488 e. The van der Waals surface area contributed by atoms with E-state index in [2.05, 4.69) is 0 Å². The molecule has 0 heterocycles. The normalized spacial score (nSPS) is 10.4. The van der Waals surface area contributed by atoms with Crippen LogP contribution in [0.25, 0.3) is 0 Å². The fraction of sp³-hybridized carbons (Fsp3) is 0.143. The van der Waals surface area contributed by atoms with Crippen LogP contribution in [0.1, 0.15) is 11.1 Å². The van der Waals surface area contributed by atoms with E-state index in [9.17, 15) is 8.78 Å². The minimum atomic E-state index is -0.486. The average molecular weight is 269 g/mol. The van der Waals surface area contributed by atoms with Crippen LogP contribution in [0.4, 0.5) is 8.78 Å². The van der Waals surface area contributed by atoms with Crippen LogP contribution in [0.15, 0.2) is 42.5 Å². The fourth-order valence-corrected chi connectivity index (χ4v) is 1.79. The zero-order valence-corrected chi connectivity index (χ0v) is 10.3. The van der Waals surface area contributed by atoms with Crippen molar-refractivity contribution in [3.05, 3.63) is 65.2 Å². The Balaban J connectivity index is 2.14. The van der Waals surface area contributed by atoms with Crippen LogP contribution < -0.4 is 4.74 Å². The number of hydrogen-bond donors (Lipinski definition) is 0. The van der Waals surface area contributed by atoms with E-state index in [1.54, 1.807) is 12.1 Å². The van der Waals surface area contributed by atoms with Crippen LogP contribution in [-0.2, 0) is 12.5 Å². The Labute approximate surface area is 109 Å². The van der Waals surface area contributed by atoms with E-state index in [0.29, 0.717) is 11.6 Å². The van der Waals surface area contributed by atoms with Crippen molar-refractivity contribution in [2.75, 3.05) is 0 Å². The SMILES string of the molecule is Fc1ccc(F)c(COc2ccccc2CCl)c1. The molecule has 94 valence electrons. The van der Waals surface area contributed by atoms with E-state index >= 15 is 0 Å². The summed E-state index contributed by atoms with van der Waals surface area (Å²) in [6.07, 6.45) is 0. The lowest BCUT2D eigenvalue weighted by atomic mass is 10.2. The van der Waals surface area contributed by atoms with Gasteiger partial charge in [0.15, 0.2) is 0 Å². The van der Waals surface area contributed by atoms with Crippen LogP contribution in [-0.4, -0.2) is 0 Å². The highest BCUT2D eigenvalue weighted by atomic mass is 35.5. The number of para-hydroxylation sites is 1. The summed E-state index contributed by atoms with van der Waals surface area (Å²) in [5.74, 6) is -0.0847. The molecule has 4 heteroatoms. The molecule has 0 saturated heterocycles. The molecule has 0 aliphatic rings. The maximum atomic E-state index is 13.4. The van der Waals surface area contributed by atoms with Gasteiger partial charge >= 0.3 is 0 Å². The molecule has 0 spiro atoms. The summed E-state index contributed by atoms with van der Waals surface area (Å²) in [6.45, 7) is -0.0303. The highest BCUT2D eigenvalue weighted by molar-refractivity contribution is 6.17. The molecule has 0 aliphatic carbocycles. The van der Waals surface area contributed by atoms with Crippen molar-refractivity contribution in [1.82, 2.24) is 0 Å². The van der Waals surface area contributed by atoms with Gasteiger partial charge in [-0.1, -0.05) is 18.2 Å². The number of halogens is 3. The average Bonchev–Trinajstić information content (AvgIpc) is 2.40. The van der Waals surface area contributed by atoms with Gasteiger partial charge in [-0.3, -0.25) is 0 Å². The molecule has 0 saturated carbocycles. The Kier molecular flexibility index (Phi) is 4.15. The number of alkyl halides is 1. The maximum Gasteiger partial charge on any atom is 0.130 e. The first-order valence-electron chi connectivity index (χ1n) is 5.41. The van der Waals surface area contributed by atoms with Crippen LogP contribution in [0.2, 0.25) is 0 Å². The van der Waals surface area contributed by atoms with Gasteiger partial charge in [0.2, 0.25) is 0 Å². The molecule has 0 aliphatic heterocycles. The van der Waals surface area contributed by atoms with Gasteiger partial charge in [0.1, 0.15) is 24.0 Å². The van der Waals surface area contributed by atoms with Crippen molar-refractivity contribution in [3.63, 3.8) is 0 Å². The molecular weight excluding hydrogens is 258 g/mol. The van der Waals surface area contributed by atoms with Gasteiger partial charge in [-0.25, -0.2) is 8.78 Å². The van der Waals surface area contributed by atoms with Crippen molar-refractivity contribution in [3.8, 4) is 5.75 Å². The van der Waals surface area contributed by atoms with Gasteiger partial charge in [0.05, 0.1) is 5.88 Å². The van der Waals surface area contributed by atoms with Crippen LogP contribution in [0.5, 0.6) is 5.75 Å². The van der Waals surface area contributed by atoms with Crippen molar-refractivity contribution in [2.24, 2.45) is 0 Å². The zero-order valence-electron chi connectivity index (χ0n) is 9.50. The van der Waals surface area contributed by atoms with Crippen LogP contribution >= 0.6 is 11.6 Å². The summed E-state index contributed by atoms with van der Waals surface area (Å²) in [5.41, 5.74) is 0.996. The monoisotopic (exact) mass is 268 g/mol.